The van der Waals surface area contributed by atoms with Crippen molar-refractivity contribution in [2.45, 2.75) is 0 Å². The molecule has 0 unspecified atom stereocenters. The van der Waals surface area contributed by atoms with Gasteiger partial charge in [-0.25, -0.2) is 4.98 Å². The average Bonchev–Trinajstić information content (AvgIpc) is 2.57. The third kappa shape index (κ3) is 4.99. The highest BCUT2D eigenvalue weighted by Gasteiger charge is 1.78. The van der Waals surface area contributed by atoms with Crippen LogP contribution in [0.3, 0.4) is 0 Å². The number of aromatic amines is 1. The van der Waals surface area contributed by atoms with Crippen molar-refractivity contribution < 1.29 is 4.79 Å². The maximum absolute atomic E-state index is 9.47. The summed E-state index contributed by atoms with van der Waals surface area (Å²) in [5, 5.41) is 0. The van der Waals surface area contributed by atoms with Gasteiger partial charge < -0.3 is 10.7 Å². The highest BCUT2D eigenvalue weighted by Crippen LogP contribution is 1.85. The summed E-state index contributed by atoms with van der Waals surface area (Å²) in [6, 6.07) is 0. The molecule has 3 N–H and O–H groups in total. The molecule has 0 aromatic carbocycles. The van der Waals surface area contributed by atoms with Crippen molar-refractivity contribution in [1.82, 2.24) is 9.97 Å². The average molecular weight is 165 g/mol. The molecule has 0 saturated heterocycles. The summed E-state index contributed by atoms with van der Waals surface area (Å²) in [7, 11) is 0. The first-order valence-corrected chi connectivity index (χ1v) is 3.24. The number of nitrogens with one attached hydrogen (secondary N) is 1. The summed E-state index contributed by atoms with van der Waals surface area (Å²) in [5.74, 6) is 0.338. The second kappa shape index (κ2) is 5.91. The maximum atomic E-state index is 9.47. The summed E-state index contributed by atoms with van der Waals surface area (Å²) in [6.07, 6.45) is 6.17. The van der Waals surface area contributed by atoms with Crippen LogP contribution in [-0.4, -0.2) is 15.9 Å². The lowest BCUT2D eigenvalue weighted by Gasteiger charge is -1.73. The molecule has 0 aliphatic rings. The zero-order valence-corrected chi connectivity index (χ0v) is 6.66. The van der Waals surface area contributed by atoms with Crippen LogP contribution in [0, 0.1) is 0 Å². The molecular weight excluding hydrogens is 154 g/mol. The monoisotopic (exact) mass is 165 g/mol. The van der Waals surface area contributed by atoms with E-state index < -0.39 is 5.91 Å². The number of carbonyl (C=O) groups excluding carboxylic acids is 1. The van der Waals surface area contributed by atoms with Crippen LogP contribution < -0.4 is 5.73 Å². The number of primary amides is 1. The topological polar surface area (TPSA) is 71.8 Å². The Kier molecular flexibility index (Phi) is 5.00. The van der Waals surface area contributed by atoms with E-state index in [1.165, 1.54) is 0 Å². The molecule has 64 valence electrons. The molecule has 0 aliphatic carbocycles. The van der Waals surface area contributed by atoms with E-state index in [1.807, 2.05) is 0 Å². The van der Waals surface area contributed by atoms with Gasteiger partial charge >= 0.3 is 0 Å². The number of hydrogen-bond donors (Lipinski definition) is 2. The number of hydrogen-bond acceptors (Lipinski definition) is 2. The number of rotatable bonds is 2. The molecule has 0 radical (unpaired) electrons. The Balaban J connectivity index is 0.000000217. The summed E-state index contributed by atoms with van der Waals surface area (Å²) >= 11 is 0. The van der Waals surface area contributed by atoms with E-state index in [2.05, 4.69) is 28.9 Å². The van der Waals surface area contributed by atoms with Crippen LogP contribution in [0.5, 0.6) is 0 Å². The molecule has 1 aromatic heterocycles. The molecule has 0 saturated carbocycles. The zero-order chi connectivity index (χ0) is 9.40. The normalized spacial score (nSPS) is 7.67. The minimum atomic E-state index is -0.481. The molecule has 0 spiro atoms. The van der Waals surface area contributed by atoms with Crippen LogP contribution in [0.15, 0.2) is 31.6 Å². The summed E-state index contributed by atoms with van der Waals surface area (Å²) < 4.78 is 0. The Morgan fingerprint density at radius 3 is 2.42 bits per heavy atom. The van der Waals surface area contributed by atoms with Crippen molar-refractivity contribution in [1.29, 1.82) is 0 Å². The zero-order valence-electron chi connectivity index (χ0n) is 6.66. The fourth-order valence-corrected chi connectivity index (χ4v) is 0.389. The molecule has 4 nitrogen and oxygen atoms in total. The van der Waals surface area contributed by atoms with E-state index in [1.54, 1.807) is 18.5 Å². The van der Waals surface area contributed by atoms with Gasteiger partial charge in [-0.05, 0) is 12.2 Å². The Bertz CT molecular complexity index is 251. The van der Waals surface area contributed by atoms with Crippen LogP contribution >= 0.6 is 0 Å². The first-order valence-electron chi connectivity index (χ1n) is 3.24. The van der Waals surface area contributed by atoms with E-state index in [0.717, 1.165) is 11.9 Å². The number of amides is 1. The van der Waals surface area contributed by atoms with Crippen molar-refractivity contribution in [2.75, 3.05) is 0 Å². The SMILES string of the molecule is C=CC(N)=O.C=Cc1ncc[nH]1. The van der Waals surface area contributed by atoms with Crippen LogP contribution in [0.4, 0.5) is 0 Å². The Morgan fingerprint density at radius 1 is 1.67 bits per heavy atom. The first kappa shape index (κ1) is 10.2. The van der Waals surface area contributed by atoms with Crippen LogP contribution in [0.25, 0.3) is 6.08 Å². The van der Waals surface area contributed by atoms with Crippen molar-refractivity contribution in [3.63, 3.8) is 0 Å². The van der Waals surface area contributed by atoms with E-state index in [9.17, 15) is 4.79 Å². The van der Waals surface area contributed by atoms with Gasteiger partial charge in [0.15, 0.2) is 0 Å². The largest absolute Gasteiger partial charge is 0.366 e. The molecule has 4 heteroatoms. The lowest BCUT2D eigenvalue weighted by atomic mass is 10.6. The van der Waals surface area contributed by atoms with Crippen LogP contribution in [0.2, 0.25) is 0 Å². The van der Waals surface area contributed by atoms with E-state index >= 15 is 0 Å². The maximum Gasteiger partial charge on any atom is 0.240 e. The van der Waals surface area contributed by atoms with E-state index in [4.69, 9.17) is 0 Å². The summed E-state index contributed by atoms with van der Waals surface area (Å²) in [5.41, 5.74) is 4.53. The molecule has 1 aromatic rings. The van der Waals surface area contributed by atoms with Crippen molar-refractivity contribution in [3.8, 4) is 0 Å². The smallest absolute Gasteiger partial charge is 0.240 e. The van der Waals surface area contributed by atoms with Crippen molar-refractivity contribution >= 4 is 12.0 Å². The minimum Gasteiger partial charge on any atom is -0.366 e. The minimum absolute atomic E-state index is 0.481. The van der Waals surface area contributed by atoms with Gasteiger partial charge in [0.1, 0.15) is 5.82 Å². The van der Waals surface area contributed by atoms with Gasteiger partial charge in [0.25, 0.3) is 0 Å². The highest BCUT2D eigenvalue weighted by atomic mass is 16.1. The van der Waals surface area contributed by atoms with Gasteiger partial charge in [-0.1, -0.05) is 13.2 Å². The fraction of sp³-hybridized carbons (Fsp3) is 0. The van der Waals surface area contributed by atoms with Gasteiger partial charge in [-0.3, -0.25) is 4.79 Å². The van der Waals surface area contributed by atoms with Crippen molar-refractivity contribution in [2.24, 2.45) is 5.73 Å². The standard InChI is InChI=1S/C5H6N2.C3H5NO/c1-2-5-6-3-4-7-5;1-2-3(4)5/h2-4H,1H2,(H,6,7);2H,1H2,(H2,4,5). The molecule has 0 fully saturated rings. The number of imidazole rings is 1. The quantitative estimate of drug-likeness (QED) is 0.633. The van der Waals surface area contributed by atoms with Gasteiger partial charge in [-0.2, -0.15) is 0 Å². The van der Waals surface area contributed by atoms with Crippen LogP contribution in [-0.2, 0) is 4.79 Å². The number of nitrogens with two attached hydrogens (primary N) is 1. The molecule has 1 heterocycles. The van der Waals surface area contributed by atoms with E-state index in [0.29, 0.717) is 0 Å². The number of H-pyrrole nitrogens is 1. The molecule has 0 bridgehead atoms. The predicted octanol–water partition coefficient (Wildman–Crippen LogP) is 0.710. The van der Waals surface area contributed by atoms with E-state index in [-0.39, 0.29) is 0 Å². The molecule has 0 aliphatic heterocycles. The Hall–Kier alpha value is -1.84. The predicted molar refractivity (Wildman–Crippen MR) is 48.1 cm³/mol. The summed E-state index contributed by atoms with van der Waals surface area (Å²) in [6.45, 7) is 6.60. The number of nitrogens with zero attached hydrogens (tertiary/aromatic N) is 1. The third-order valence-electron chi connectivity index (χ3n) is 0.914. The third-order valence-corrected chi connectivity index (χ3v) is 0.914. The Morgan fingerprint density at radius 2 is 2.25 bits per heavy atom. The van der Waals surface area contributed by atoms with Gasteiger partial charge in [0.05, 0.1) is 0 Å². The second-order valence-electron chi connectivity index (χ2n) is 1.79. The second-order valence-corrected chi connectivity index (χ2v) is 1.79. The Labute approximate surface area is 70.8 Å². The van der Waals surface area contributed by atoms with Crippen LogP contribution in [0.1, 0.15) is 5.82 Å². The first-order chi connectivity index (χ1) is 5.70. The molecule has 1 amide bonds. The molecule has 0 atom stereocenters. The summed E-state index contributed by atoms with van der Waals surface area (Å²) in [4.78, 5) is 16.2. The van der Waals surface area contributed by atoms with Gasteiger partial charge in [0.2, 0.25) is 5.91 Å². The number of carbonyl (C=O) groups is 1. The fourth-order valence-electron chi connectivity index (χ4n) is 0.389. The molecule has 1 rings (SSSR count). The molecule has 12 heavy (non-hydrogen) atoms. The lowest BCUT2D eigenvalue weighted by Crippen LogP contribution is -2.04. The number of aromatic nitrogens is 2. The molecular formula is C8H11N3O. The highest BCUT2D eigenvalue weighted by molar-refractivity contribution is 5.84. The van der Waals surface area contributed by atoms with Gasteiger partial charge in [-0.15, -0.1) is 0 Å². The lowest BCUT2D eigenvalue weighted by molar-refractivity contribution is -0.113. The van der Waals surface area contributed by atoms with Gasteiger partial charge in [0, 0.05) is 12.4 Å². The van der Waals surface area contributed by atoms with Crippen molar-refractivity contribution in [3.05, 3.63) is 37.5 Å².